The lowest BCUT2D eigenvalue weighted by Crippen LogP contribution is -2.29. The van der Waals surface area contributed by atoms with Crippen LogP contribution in [0.25, 0.3) is 0 Å². The molecule has 0 saturated heterocycles. The first-order valence-electron chi connectivity index (χ1n) is 6.46. The van der Waals surface area contributed by atoms with Crippen molar-refractivity contribution in [2.45, 2.75) is 11.3 Å². The molecule has 2 aromatic carbocycles. The Morgan fingerprint density at radius 2 is 1.81 bits per heavy atom. The molecule has 0 bridgehead atoms. The average Bonchev–Trinajstić information content (AvgIpc) is 2.48. The lowest BCUT2D eigenvalue weighted by Gasteiger charge is -2.18. The van der Waals surface area contributed by atoms with Crippen LogP contribution in [0.15, 0.2) is 53.4 Å². The molecule has 0 aromatic heterocycles. The van der Waals surface area contributed by atoms with E-state index in [2.05, 4.69) is 0 Å². The summed E-state index contributed by atoms with van der Waals surface area (Å²) in [5.74, 6) is -0.626. The van der Waals surface area contributed by atoms with Gasteiger partial charge in [-0.3, -0.25) is 0 Å². The van der Waals surface area contributed by atoms with E-state index in [9.17, 15) is 12.8 Å². The lowest BCUT2D eigenvalue weighted by atomic mass is 10.2. The van der Waals surface area contributed by atoms with Gasteiger partial charge in [-0.1, -0.05) is 30.3 Å². The summed E-state index contributed by atoms with van der Waals surface area (Å²) in [4.78, 5) is -0.196. The van der Waals surface area contributed by atoms with Gasteiger partial charge >= 0.3 is 0 Å². The van der Waals surface area contributed by atoms with Crippen LogP contribution in [0.5, 0.6) is 0 Å². The molecular formula is C15H17FN2O2S. The summed E-state index contributed by atoms with van der Waals surface area (Å²) < 4.78 is 39.3. The third-order valence-electron chi connectivity index (χ3n) is 3.22. The number of sulfonamides is 1. The number of nitrogens with zero attached hydrogens (tertiary/aromatic N) is 1. The summed E-state index contributed by atoms with van der Waals surface area (Å²) in [7, 11) is -2.33. The highest BCUT2D eigenvalue weighted by Crippen LogP contribution is 2.22. The number of rotatable bonds is 5. The Hall–Kier alpha value is -1.92. The van der Waals surface area contributed by atoms with Crippen molar-refractivity contribution in [3.63, 3.8) is 0 Å². The van der Waals surface area contributed by atoms with Crippen LogP contribution < -0.4 is 5.73 Å². The minimum absolute atomic E-state index is 0.0444. The molecule has 0 atom stereocenters. The molecular weight excluding hydrogens is 291 g/mol. The van der Waals surface area contributed by atoms with E-state index in [1.165, 1.54) is 17.4 Å². The molecule has 0 amide bonds. The van der Waals surface area contributed by atoms with Crippen LogP contribution in [-0.2, 0) is 16.4 Å². The van der Waals surface area contributed by atoms with E-state index in [1.807, 2.05) is 30.3 Å². The van der Waals surface area contributed by atoms with E-state index < -0.39 is 15.8 Å². The normalized spacial score (nSPS) is 11.8. The zero-order chi connectivity index (χ0) is 15.5. The predicted molar refractivity (Wildman–Crippen MR) is 80.8 cm³/mol. The third-order valence-corrected chi connectivity index (χ3v) is 5.13. The smallest absolute Gasteiger partial charge is 0.244 e. The molecule has 2 aromatic rings. The zero-order valence-electron chi connectivity index (χ0n) is 11.7. The van der Waals surface area contributed by atoms with Crippen LogP contribution >= 0.6 is 0 Å². The predicted octanol–water partition coefficient (Wildman–Crippen LogP) is 2.27. The second-order valence-corrected chi connectivity index (χ2v) is 6.76. The highest BCUT2D eigenvalue weighted by atomic mass is 32.2. The minimum Gasteiger partial charge on any atom is -0.398 e. The Morgan fingerprint density at radius 1 is 1.14 bits per heavy atom. The molecule has 0 aliphatic carbocycles. The number of likely N-dealkylation sites (N-methyl/N-ethyl adjacent to an activating group) is 1. The Bertz CT molecular complexity index is 718. The summed E-state index contributed by atoms with van der Waals surface area (Å²) in [6.45, 7) is 0.294. The van der Waals surface area contributed by atoms with Gasteiger partial charge in [0.25, 0.3) is 0 Å². The fourth-order valence-electron chi connectivity index (χ4n) is 1.95. The fourth-order valence-corrected chi connectivity index (χ4v) is 3.25. The maximum atomic E-state index is 13.3. The Balaban J connectivity index is 2.17. The van der Waals surface area contributed by atoms with Crippen molar-refractivity contribution in [1.29, 1.82) is 0 Å². The van der Waals surface area contributed by atoms with E-state index >= 15 is 0 Å². The van der Waals surface area contributed by atoms with Crippen LogP contribution in [0.2, 0.25) is 0 Å². The van der Waals surface area contributed by atoms with Gasteiger partial charge in [0.15, 0.2) is 0 Å². The largest absolute Gasteiger partial charge is 0.398 e. The van der Waals surface area contributed by atoms with Crippen molar-refractivity contribution in [3.05, 3.63) is 59.9 Å². The van der Waals surface area contributed by atoms with Gasteiger partial charge in [-0.2, -0.15) is 0 Å². The van der Waals surface area contributed by atoms with Crippen LogP contribution in [0.3, 0.4) is 0 Å². The third kappa shape index (κ3) is 3.59. The number of benzene rings is 2. The van der Waals surface area contributed by atoms with Gasteiger partial charge < -0.3 is 5.73 Å². The van der Waals surface area contributed by atoms with Crippen molar-refractivity contribution in [2.24, 2.45) is 0 Å². The SMILES string of the molecule is CN(CCc1ccccc1)S(=O)(=O)c1cc(F)ccc1N. The first kappa shape index (κ1) is 15.5. The summed E-state index contributed by atoms with van der Waals surface area (Å²) in [6, 6.07) is 12.9. The highest BCUT2D eigenvalue weighted by molar-refractivity contribution is 7.89. The van der Waals surface area contributed by atoms with Gasteiger partial charge in [0.2, 0.25) is 10.0 Å². The average molecular weight is 308 g/mol. The molecule has 2 N–H and O–H groups in total. The number of halogens is 1. The molecule has 0 heterocycles. The number of hydrogen-bond acceptors (Lipinski definition) is 3. The maximum Gasteiger partial charge on any atom is 0.244 e. The summed E-state index contributed by atoms with van der Waals surface area (Å²) in [5, 5.41) is 0. The van der Waals surface area contributed by atoms with Gasteiger partial charge in [0.1, 0.15) is 10.7 Å². The van der Waals surface area contributed by atoms with Crippen molar-refractivity contribution in [2.75, 3.05) is 19.3 Å². The van der Waals surface area contributed by atoms with Crippen LogP contribution in [0.1, 0.15) is 5.56 Å². The molecule has 0 aliphatic heterocycles. The first-order chi connectivity index (χ1) is 9.91. The van der Waals surface area contributed by atoms with Gasteiger partial charge in [-0.25, -0.2) is 17.1 Å². The number of nitrogens with two attached hydrogens (primary N) is 1. The molecule has 0 unspecified atom stereocenters. The van der Waals surface area contributed by atoms with Crippen molar-refractivity contribution >= 4 is 15.7 Å². The molecule has 0 fully saturated rings. The molecule has 112 valence electrons. The molecule has 6 heteroatoms. The standard InChI is InChI=1S/C15H17FN2O2S/c1-18(10-9-12-5-3-2-4-6-12)21(19,20)15-11-13(16)7-8-14(15)17/h2-8,11H,9-10,17H2,1H3. The van der Waals surface area contributed by atoms with E-state index in [0.29, 0.717) is 13.0 Å². The van der Waals surface area contributed by atoms with E-state index in [-0.39, 0.29) is 10.6 Å². The first-order valence-corrected chi connectivity index (χ1v) is 7.90. The fraction of sp³-hybridized carbons (Fsp3) is 0.200. The molecule has 0 radical (unpaired) electrons. The maximum absolute atomic E-state index is 13.3. The quantitative estimate of drug-likeness (QED) is 0.862. The van der Waals surface area contributed by atoms with Crippen molar-refractivity contribution < 1.29 is 12.8 Å². The molecule has 21 heavy (non-hydrogen) atoms. The van der Waals surface area contributed by atoms with Gasteiger partial charge in [-0.05, 0) is 30.2 Å². The molecule has 0 spiro atoms. The molecule has 0 aliphatic rings. The van der Waals surface area contributed by atoms with E-state index in [0.717, 1.165) is 17.7 Å². The Labute approximate surface area is 124 Å². The topological polar surface area (TPSA) is 63.4 Å². The second kappa shape index (κ2) is 6.24. The monoisotopic (exact) mass is 308 g/mol. The van der Waals surface area contributed by atoms with Crippen molar-refractivity contribution in [1.82, 2.24) is 4.31 Å². The van der Waals surface area contributed by atoms with Crippen molar-refractivity contribution in [3.8, 4) is 0 Å². The second-order valence-electron chi connectivity index (χ2n) is 4.74. The van der Waals surface area contributed by atoms with Crippen LogP contribution in [0, 0.1) is 5.82 Å². The number of anilines is 1. The van der Waals surface area contributed by atoms with E-state index in [1.54, 1.807) is 0 Å². The van der Waals surface area contributed by atoms with Gasteiger partial charge in [0.05, 0.1) is 5.69 Å². The van der Waals surface area contributed by atoms with Crippen LogP contribution in [0.4, 0.5) is 10.1 Å². The summed E-state index contributed by atoms with van der Waals surface area (Å²) in [6.07, 6.45) is 0.575. The van der Waals surface area contributed by atoms with Gasteiger partial charge in [-0.15, -0.1) is 0 Å². The number of hydrogen-bond donors (Lipinski definition) is 1. The molecule has 0 saturated carbocycles. The van der Waals surface area contributed by atoms with Gasteiger partial charge in [0, 0.05) is 13.6 Å². The summed E-state index contributed by atoms with van der Waals surface area (Å²) in [5.41, 5.74) is 6.73. The Kier molecular flexibility index (Phi) is 4.59. The zero-order valence-corrected chi connectivity index (χ0v) is 12.5. The summed E-state index contributed by atoms with van der Waals surface area (Å²) >= 11 is 0. The van der Waals surface area contributed by atoms with E-state index in [4.69, 9.17) is 5.73 Å². The lowest BCUT2D eigenvalue weighted by molar-refractivity contribution is 0.472. The molecule has 4 nitrogen and oxygen atoms in total. The minimum atomic E-state index is -3.79. The number of nitrogen functional groups attached to an aromatic ring is 1. The van der Waals surface area contributed by atoms with Crippen LogP contribution in [-0.4, -0.2) is 26.3 Å². The highest BCUT2D eigenvalue weighted by Gasteiger charge is 2.23. The molecule has 2 rings (SSSR count). The Morgan fingerprint density at radius 3 is 2.48 bits per heavy atom.